The van der Waals surface area contributed by atoms with Gasteiger partial charge in [0.05, 0.1) is 5.56 Å². The zero-order chi connectivity index (χ0) is 10.1. The lowest BCUT2D eigenvalue weighted by atomic mass is 10.1. The van der Waals surface area contributed by atoms with Crippen LogP contribution in [-0.2, 0) is 13.0 Å². The van der Waals surface area contributed by atoms with Crippen LogP contribution in [0.3, 0.4) is 0 Å². The van der Waals surface area contributed by atoms with Crippen molar-refractivity contribution in [1.82, 2.24) is 4.57 Å². The minimum atomic E-state index is -0.949. The minimum absolute atomic E-state index is 0.247. The summed E-state index contributed by atoms with van der Waals surface area (Å²) < 4.78 is 1.75. The second kappa shape index (κ2) is 3.18. The molecule has 0 aromatic carbocycles. The molecular weight excluding hydrogens is 180 g/mol. The Morgan fingerprint density at radius 1 is 1.57 bits per heavy atom. The fraction of sp³-hybridized carbons (Fsp3) is 0.400. The molecule has 0 unspecified atom stereocenters. The lowest BCUT2D eigenvalue weighted by Crippen LogP contribution is -2.15. The van der Waals surface area contributed by atoms with E-state index < -0.39 is 5.97 Å². The van der Waals surface area contributed by atoms with E-state index in [1.165, 1.54) is 6.07 Å². The van der Waals surface area contributed by atoms with Gasteiger partial charge < -0.3 is 9.67 Å². The molecule has 0 bridgehead atoms. The van der Waals surface area contributed by atoms with Crippen LogP contribution >= 0.6 is 0 Å². The van der Waals surface area contributed by atoms with Gasteiger partial charge in [-0.1, -0.05) is 0 Å². The maximum absolute atomic E-state index is 10.9. The van der Waals surface area contributed by atoms with Crippen molar-refractivity contribution < 1.29 is 9.90 Å². The third-order valence-electron chi connectivity index (χ3n) is 2.59. The molecule has 1 aromatic rings. The number of hydrogen-bond acceptors (Lipinski definition) is 2. The molecule has 1 aromatic heterocycles. The molecule has 0 aliphatic carbocycles. The molecule has 4 heteroatoms. The van der Waals surface area contributed by atoms with E-state index >= 15 is 0 Å². The molecule has 0 saturated heterocycles. The van der Waals surface area contributed by atoms with Crippen LogP contribution in [0.5, 0.6) is 0 Å². The minimum Gasteiger partial charge on any atom is -0.477 e. The summed E-state index contributed by atoms with van der Waals surface area (Å²) in [5, 5.41) is 17.8. The molecule has 1 aliphatic heterocycles. The summed E-state index contributed by atoms with van der Waals surface area (Å²) in [6.07, 6.45) is 2.85. The maximum Gasteiger partial charge on any atom is 0.352 e. The fourth-order valence-electron chi connectivity index (χ4n) is 1.95. The number of aromatic nitrogens is 1. The average molecular weight is 190 g/mol. The Labute approximate surface area is 81.4 Å². The fourth-order valence-corrected chi connectivity index (χ4v) is 1.95. The molecule has 0 fully saturated rings. The van der Waals surface area contributed by atoms with Gasteiger partial charge in [-0.25, -0.2) is 4.79 Å². The van der Waals surface area contributed by atoms with Gasteiger partial charge in [-0.05, 0) is 25.3 Å². The Hall–Kier alpha value is -1.76. The molecular formula is C10H10N2O2. The van der Waals surface area contributed by atoms with Crippen LogP contribution in [0.4, 0.5) is 0 Å². The SMILES string of the molecule is N#Cc1cc(C(=O)O)n2c1CCCC2. The van der Waals surface area contributed by atoms with Crippen molar-refractivity contribution in [3.05, 3.63) is 23.0 Å². The zero-order valence-corrected chi connectivity index (χ0v) is 7.66. The number of carboxylic acids is 1. The number of fused-ring (bicyclic) bond motifs is 1. The van der Waals surface area contributed by atoms with E-state index in [2.05, 4.69) is 0 Å². The third kappa shape index (κ3) is 1.18. The Balaban J connectivity index is 2.59. The topological polar surface area (TPSA) is 66.0 Å². The van der Waals surface area contributed by atoms with Gasteiger partial charge in [0.25, 0.3) is 0 Å². The van der Waals surface area contributed by atoms with Crippen molar-refractivity contribution in [3.63, 3.8) is 0 Å². The molecule has 0 saturated carbocycles. The first-order valence-corrected chi connectivity index (χ1v) is 4.60. The van der Waals surface area contributed by atoms with Crippen LogP contribution in [0.25, 0.3) is 0 Å². The van der Waals surface area contributed by atoms with Gasteiger partial charge in [0.1, 0.15) is 11.8 Å². The molecule has 0 amide bonds. The summed E-state index contributed by atoms with van der Waals surface area (Å²) in [6.45, 7) is 0.721. The van der Waals surface area contributed by atoms with Gasteiger partial charge in [-0.3, -0.25) is 0 Å². The Morgan fingerprint density at radius 2 is 2.36 bits per heavy atom. The number of rotatable bonds is 1. The molecule has 14 heavy (non-hydrogen) atoms. The molecule has 2 rings (SSSR count). The van der Waals surface area contributed by atoms with E-state index in [4.69, 9.17) is 10.4 Å². The Bertz CT molecular complexity index is 426. The lowest BCUT2D eigenvalue weighted by Gasteiger charge is -2.16. The van der Waals surface area contributed by atoms with Gasteiger partial charge >= 0.3 is 5.97 Å². The van der Waals surface area contributed by atoms with Gasteiger partial charge in [0, 0.05) is 12.2 Å². The predicted molar refractivity (Wildman–Crippen MR) is 49.0 cm³/mol. The van der Waals surface area contributed by atoms with Crippen molar-refractivity contribution in [3.8, 4) is 6.07 Å². The number of carbonyl (C=O) groups is 1. The first-order chi connectivity index (χ1) is 6.74. The van der Waals surface area contributed by atoms with Gasteiger partial charge in [-0.2, -0.15) is 5.26 Å². The number of nitriles is 1. The van der Waals surface area contributed by atoms with Crippen LogP contribution in [0.2, 0.25) is 0 Å². The number of nitrogens with zero attached hydrogens (tertiary/aromatic N) is 2. The molecule has 0 atom stereocenters. The first-order valence-electron chi connectivity index (χ1n) is 4.60. The van der Waals surface area contributed by atoms with Gasteiger partial charge in [-0.15, -0.1) is 0 Å². The van der Waals surface area contributed by atoms with E-state index in [-0.39, 0.29) is 5.69 Å². The highest BCUT2D eigenvalue weighted by molar-refractivity contribution is 5.87. The zero-order valence-electron chi connectivity index (χ0n) is 7.66. The first kappa shape index (κ1) is 8.82. The third-order valence-corrected chi connectivity index (χ3v) is 2.59. The Kier molecular flexibility index (Phi) is 2.01. The average Bonchev–Trinajstić information content (AvgIpc) is 2.56. The highest BCUT2D eigenvalue weighted by Gasteiger charge is 2.21. The standard InChI is InChI=1S/C10H10N2O2/c11-6-7-5-9(10(13)14)12-4-2-1-3-8(7)12/h5H,1-4H2,(H,13,14). The summed E-state index contributed by atoms with van der Waals surface area (Å²) in [5.41, 5.74) is 1.65. The molecule has 0 spiro atoms. The summed E-state index contributed by atoms with van der Waals surface area (Å²) in [4.78, 5) is 10.9. The second-order valence-corrected chi connectivity index (χ2v) is 3.42. The lowest BCUT2D eigenvalue weighted by molar-refractivity contribution is 0.0684. The van der Waals surface area contributed by atoms with Crippen LogP contribution in [-0.4, -0.2) is 15.6 Å². The van der Waals surface area contributed by atoms with E-state index in [1.807, 2.05) is 6.07 Å². The second-order valence-electron chi connectivity index (χ2n) is 3.42. The van der Waals surface area contributed by atoms with E-state index in [1.54, 1.807) is 4.57 Å². The predicted octanol–water partition coefficient (Wildman–Crippen LogP) is 1.39. The molecule has 72 valence electrons. The van der Waals surface area contributed by atoms with Crippen LogP contribution < -0.4 is 0 Å². The number of aromatic carboxylic acids is 1. The van der Waals surface area contributed by atoms with Crippen molar-refractivity contribution in [2.75, 3.05) is 0 Å². The van der Waals surface area contributed by atoms with Crippen molar-refractivity contribution in [2.24, 2.45) is 0 Å². The molecule has 1 aliphatic rings. The van der Waals surface area contributed by atoms with Crippen molar-refractivity contribution >= 4 is 5.97 Å². The monoisotopic (exact) mass is 190 g/mol. The highest BCUT2D eigenvalue weighted by Crippen LogP contribution is 2.22. The molecule has 1 N–H and O–H groups in total. The molecule has 0 radical (unpaired) electrons. The number of hydrogen-bond donors (Lipinski definition) is 1. The smallest absolute Gasteiger partial charge is 0.352 e. The molecule has 2 heterocycles. The van der Waals surface area contributed by atoms with Crippen molar-refractivity contribution in [2.45, 2.75) is 25.8 Å². The quantitative estimate of drug-likeness (QED) is 0.727. The van der Waals surface area contributed by atoms with Crippen LogP contribution in [0, 0.1) is 11.3 Å². The highest BCUT2D eigenvalue weighted by atomic mass is 16.4. The van der Waals surface area contributed by atoms with E-state index in [0.717, 1.165) is 31.5 Å². The number of carboxylic acid groups (broad SMARTS) is 1. The summed E-state index contributed by atoms with van der Waals surface area (Å²) in [7, 11) is 0. The summed E-state index contributed by atoms with van der Waals surface area (Å²) in [5.74, 6) is -0.949. The van der Waals surface area contributed by atoms with Crippen LogP contribution in [0.15, 0.2) is 6.07 Å². The van der Waals surface area contributed by atoms with E-state index in [0.29, 0.717) is 5.56 Å². The van der Waals surface area contributed by atoms with E-state index in [9.17, 15) is 4.79 Å². The maximum atomic E-state index is 10.9. The van der Waals surface area contributed by atoms with Gasteiger partial charge in [0.15, 0.2) is 0 Å². The Morgan fingerprint density at radius 3 is 3.00 bits per heavy atom. The molecule has 4 nitrogen and oxygen atoms in total. The summed E-state index contributed by atoms with van der Waals surface area (Å²) in [6, 6.07) is 3.52. The normalized spacial score (nSPS) is 14.5. The van der Waals surface area contributed by atoms with Crippen LogP contribution in [0.1, 0.15) is 34.6 Å². The van der Waals surface area contributed by atoms with Gasteiger partial charge in [0.2, 0.25) is 0 Å². The summed E-state index contributed by atoms with van der Waals surface area (Å²) >= 11 is 0. The largest absolute Gasteiger partial charge is 0.477 e. The van der Waals surface area contributed by atoms with Crippen molar-refractivity contribution in [1.29, 1.82) is 5.26 Å².